The van der Waals surface area contributed by atoms with Gasteiger partial charge in [-0.2, -0.15) is 0 Å². The first-order valence-electron chi connectivity index (χ1n) is 8.44. The molecule has 0 spiro atoms. The monoisotopic (exact) mass is 337 g/mol. The molecule has 0 unspecified atom stereocenters. The molecule has 3 nitrogen and oxygen atoms in total. The molecule has 26 heavy (non-hydrogen) atoms. The maximum absolute atomic E-state index is 12.8. The van der Waals surface area contributed by atoms with Gasteiger partial charge in [0, 0.05) is 28.2 Å². The summed E-state index contributed by atoms with van der Waals surface area (Å²) in [5, 5.41) is 1.07. The third-order valence-corrected chi connectivity index (χ3v) is 4.82. The van der Waals surface area contributed by atoms with Crippen molar-refractivity contribution in [2.45, 2.75) is 0 Å². The van der Waals surface area contributed by atoms with Crippen LogP contribution >= 0.6 is 0 Å². The highest BCUT2D eigenvalue weighted by atomic mass is 16.5. The lowest BCUT2D eigenvalue weighted by Gasteiger charge is -2.13. The number of benzene rings is 3. The Bertz CT molecular complexity index is 1190. The average Bonchev–Trinajstić information content (AvgIpc) is 3.23. The van der Waals surface area contributed by atoms with E-state index in [0.717, 1.165) is 33.2 Å². The second-order valence-electron chi connectivity index (χ2n) is 6.33. The number of H-pyrrole nitrogens is 1. The summed E-state index contributed by atoms with van der Waals surface area (Å²) in [6, 6.07) is 22.0. The number of allylic oxidation sites excluding steroid dienone is 1. The SMILES string of the molecule is C=C1Oc2ccc(-c3ccccc3)c(-c3c[nH]c4ccccc34)c2C1=O. The van der Waals surface area contributed by atoms with E-state index in [1.807, 2.05) is 54.7 Å². The molecule has 5 rings (SSSR count). The largest absolute Gasteiger partial charge is 0.453 e. The molecule has 0 bridgehead atoms. The maximum atomic E-state index is 12.8. The number of ether oxygens (including phenoxy) is 1. The number of para-hydroxylation sites is 1. The van der Waals surface area contributed by atoms with Crippen molar-refractivity contribution in [1.29, 1.82) is 0 Å². The molecule has 0 fully saturated rings. The Morgan fingerprint density at radius 3 is 2.42 bits per heavy atom. The molecular weight excluding hydrogens is 322 g/mol. The predicted octanol–water partition coefficient (Wildman–Crippen LogP) is 5.59. The molecule has 3 heteroatoms. The third-order valence-electron chi connectivity index (χ3n) is 4.82. The van der Waals surface area contributed by atoms with Gasteiger partial charge in [-0.25, -0.2) is 0 Å². The molecule has 0 aliphatic carbocycles. The number of fused-ring (bicyclic) bond motifs is 2. The molecule has 124 valence electrons. The first-order valence-corrected chi connectivity index (χ1v) is 8.44. The molecule has 1 aromatic heterocycles. The number of nitrogens with one attached hydrogen (secondary N) is 1. The molecular formula is C23H15NO2. The fourth-order valence-corrected chi connectivity index (χ4v) is 3.63. The Balaban J connectivity index is 1.90. The van der Waals surface area contributed by atoms with E-state index in [1.165, 1.54) is 0 Å². The Hall–Kier alpha value is -3.59. The van der Waals surface area contributed by atoms with Crippen LogP contribution in [0.5, 0.6) is 5.75 Å². The number of ketones is 1. The van der Waals surface area contributed by atoms with E-state index in [-0.39, 0.29) is 11.5 Å². The number of aromatic amines is 1. The lowest BCUT2D eigenvalue weighted by atomic mass is 9.88. The summed E-state index contributed by atoms with van der Waals surface area (Å²) < 4.78 is 5.61. The second kappa shape index (κ2) is 5.46. The van der Waals surface area contributed by atoms with Crippen molar-refractivity contribution in [1.82, 2.24) is 4.98 Å². The van der Waals surface area contributed by atoms with Crippen LogP contribution in [0, 0.1) is 0 Å². The summed E-state index contributed by atoms with van der Waals surface area (Å²) in [4.78, 5) is 16.1. The zero-order chi connectivity index (χ0) is 17.7. The van der Waals surface area contributed by atoms with Gasteiger partial charge in [0.15, 0.2) is 5.76 Å². The van der Waals surface area contributed by atoms with Crippen molar-refractivity contribution < 1.29 is 9.53 Å². The number of Topliss-reactive ketones (excluding diaryl/α,β-unsaturated/α-hetero) is 1. The van der Waals surface area contributed by atoms with E-state index in [2.05, 4.69) is 29.8 Å². The molecule has 1 aliphatic heterocycles. The Morgan fingerprint density at radius 2 is 1.58 bits per heavy atom. The minimum Gasteiger partial charge on any atom is -0.453 e. The second-order valence-corrected chi connectivity index (χ2v) is 6.33. The normalized spacial score (nSPS) is 13.1. The van der Waals surface area contributed by atoms with Crippen molar-refractivity contribution >= 4 is 16.7 Å². The van der Waals surface area contributed by atoms with Gasteiger partial charge in [-0.05, 0) is 23.3 Å². The van der Waals surface area contributed by atoms with E-state index in [0.29, 0.717) is 11.3 Å². The maximum Gasteiger partial charge on any atom is 0.231 e. The average molecular weight is 337 g/mol. The summed E-state index contributed by atoms with van der Waals surface area (Å²) in [6.07, 6.45) is 1.96. The van der Waals surface area contributed by atoms with Gasteiger partial charge in [0.1, 0.15) is 5.75 Å². The van der Waals surface area contributed by atoms with Crippen LogP contribution in [0.15, 0.2) is 85.3 Å². The van der Waals surface area contributed by atoms with Crippen molar-refractivity contribution in [2.75, 3.05) is 0 Å². The van der Waals surface area contributed by atoms with E-state index in [9.17, 15) is 4.79 Å². The van der Waals surface area contributed by atoms with Gasteiger partial charge in [-0.15, -0.1) is 0 Å². The first kappa shape index (κ1) is 14.7. The zero-order valence-corrected chi connectivity index (χ0v) is 14.0. The van der Waals surface area contributed by atoms with Crippen molar-refractivity contribution in [3.63, 3.8) is 0 Å². The molecule has 2 heterocycles. The summed E-state index contributed by atoms with van der Waals surface area (Å²) in [7, 11) is 0. The predicted molar refractivity (Wildman–Crippen MR) is 103 cm³/mol. The number of carbonyl (C=O) groups excluding carboxylic acids is 1. The number of hydrogen-bond donors (Lipinski definition) is 1. The minimum absolute atomic E-state index is 0.155. The molecule has 0 saturated carbocycles. The highest BCUT2D eigenvalue weighted by Gasteiger charge is 2.31. The van der Waals surface area contributed by atoms with Crippen LogP contribution in [0.3, 0.4) is 0 Å². The van der Waals surface area contributed by atoms with Crippen LogP contribution in [0.4, 0.5) is 0 Å². The quantitative estimate of drug-likeness (QED) is 0.484. The molecule has 1 N–H and O–H groups in total. The standard InChI is InChI=1S/C23H15NO2/c1-14-23(25)22-20(26-14)12-11-16(15-7-3-2-4-8-15)21(22)18-13-24-19-10-6-5-9-17(18)19/h2-13,24H,1H2. The van der Waals surface area contributed by atoms with E-state index >= 15 is 0 Å². The lowest BCUT2D eigenvalue weighted by Crippen LogP contribution is -1.99. The molecule has 4 aromatic rings. The van der Waals surface area contributed by atoms with Gasteiger partial charge in [0.2, 0.25) is 5.78 Å². The topological polar surface area (TPSA) is 42.1 Å². The van der Waals surface area contributed by atoms with Gasteiger partial charge in [0.25, 0.3) is 0 Å². The van der Waals surface area contributed by atoms with Crippen molar-refractivity contribution in [3.05, 3.63) is 90.8 Å². The summed E-state index contributed by atoms with van der Waals surface area (Å²) in [5.74, 6) is 0.587. The third kappa shape index (κ3) is 2.04. The van der Waals surface area contributed by atoms with Gasteiger partial charge in [0.05, 0.1) is 5.56 Å². The number of hydrogen-bond acceptors (Lipinski definition) is 2. The molecule has 0 amide bonds. The smallest absolute Gasteiger partial charge is 0.231 e. The summed E-state index contributed by atoms with van der Waals surface area (Å²) >= 11 is 0. The molecule has 0 saturated heterocycles. The number of aromatic nitrogens is 1. The van der Waals surface area contributed by atoms with Crippen LogP contribution in [-0.4, -0.2) is 10.8 Å². The van der Waals surface area contributed by atoms with E-state index < -0.39 is 0 Å². The van der Waals surface area contributed by atoms with Crippen LogP contribution in [0.2, 0.25) is 0 Å². The summed E-state index contributed by atoms with van der Waals surface area (Å²) in [6.45, 7) is 3.76. The van der Waals surface area contributed by atoms with Crippen LogP contribution < -0.4 is 4.74 Å². The van der Waals surface area contributed by atoms with E-state index in [1.54, 1.807) is 0 Å². The number of rotatable bonds is 2. The summed E-state index contributed by atoms with van der Waals surface area (Å²) in [5.41, 5.74) is 5.55. The zero-order valence-electron chi connectivity index (χ0n) is 14.0. The molecule has 0 radical (unpaired) electrons. The Morgan fingerprint density at radius 1 is 0.808 bits per heavy atom. The molecule has 3 aromatic carbocycles. The lowest BCUT2D eigenvalue weighted by molar-refractivity contribution is 0.101. The minimum atomic E-state index is -0.155. The van der Waals surface area contributed by atoms with Gasteiger partial charge in [-0.3, -0.25) is 4.79 Å². The molecule has 0 atom stereocenters. The first-order chi connectivity index (χ1) is 12.7. The van der Waals surface area contributed by atoms with Gasteiger partial charge < -0.3 is 9.72 Å². The van der Waals surface area contributed by atoms with Gasteiger partial charge >= 0.3 is 0 Å². The Labute approximate surface area is 150 Å². The Kier molecular flexibility index (Phi) is 3.09. The fraction of sp³-hybridized carbons (Fsp3) is 0. The highest BCUT2D eigenvalue weighted by Crippen LogP contribution is 2.45. The molecule has 1 aliphatic rings. The van der Waals surface area contributed by atoms with Crippen LogP contribution in [-0.2, 0) is 0 Å². The fourth-order valence-electron chi connectivity index (χ4n) is 3.63. The number of carbonyl (C=O) groups is 1. The van der Waals surface area contributed by atoms with Crippen molar-refractivity contribution in [2.24, 2.45) is 0 Å². The van der Waals surface area contributed by atoms with E-state index in [4.69, 9.17) is 4.74 Å². The van der Waals surface area contributed by atoms with Crippen LogP contribution in [0.25, 0.3) is 33.2 Å². The van der Waals surface area contributed by atoms with Gasteiger partial charge in [-0.1, -0.05) is 61.2 Å². The van der Waals surface area contributed by atoms with Crippen molar-refractivity contribution in [3.8, 4) is 28.0 Å². The highest BCUT2D eigenvalue weighted by molar-refractivity contribution is 6.19. The van der Waals surface area contributed by atoms with Crippen LogP contribution in [0.1, 0.15) is 10.4 Å².